The topological polar surface area (TPSA) is 40.5 Å². The van der Waals surface area contributed by atoms with Gasteiger partial charge >= 0.3 is 0 Å². The van der Waals surface area contributed by atoms with E-state index in [4.69, 9.17) is 0 Å². The Bertz CT molecular complexity index is 482. The second kappa shape index (κ2) is 5.76. The normalized spacial score (nSPS) is 14.2. The zero-order chi connectivity index (χ0) is 13.0. The Hall–Kier alpha value is -1.71. The molecule has 2 aromatic carbocycles. The smallest absolute Gasteiger partial charge is 0.123 e. The summed E-state index contributed by atoms with van der Waals surface area (Å²) in [7, 11) is 0. The van der Waals surface area contributed by atoms with Crippen LogP contribution < -0.4 is 0 Å². The molecule has 0 aromatic heterocycles. The first-order valence-corrected chi connectivity index (χ1v) is 5.83. The van der Waals surface area contributed by atoms with Gasteiger partial charge in [0.15, 0.2) is 0 Å². The quantitative estimate of drug-likeness (QED) is 0.870. The maximum Gasteiger partial charge on any atom is 0.123 e. The number of hydrogen-bond donors (Lipinski definition) is 2. The van der Waals surface area contributed by atoms with E-state index in [9.17, 15) is 14.6 Å². The van der Waals surface area contributed by atoms with E-state index in [2.05, 4.69) is 0 Å². The van der Waals surface area contributed by atoms with Gasteiger partial charge < -0.3 is 10.2 Å². The molecule has 94 valence electrons. The standard InChI is InChI=1S/C15H15FO2/c16-13-8-6-12(7-9-13)15(18)10-14(17)11-4-2-1-3-5-11/h1-9,14-15,17-18H,10H2/t14-,15-/m0/s1. The average molecular weight is 246 g/mol. The SMILES string of the molecule is O[C@@H](C[C@H](O)c1ccc(F)cc1)c1ccccc1. The fourth-order valence-electron chi connectivity index (χ4n) is 1.84. The van der Waals surface area contributed by atoms with Crippen molar-refractivity contribution in [1.29, 1.82) is 0 Å². The van der Waals surface area contributed by atoms with Gasteiger partial charge in [-0.25, -0.2) is 4.39 Å². The van der Waals surface area contributed by atoms with Gasteiger partial charge in [-0.05, 0) is 23.3 Å². The number of aliphatic hydroxyl groups is 2. The molecule has 2 aromatic rings. The molecule has 0 heterocycles. The highest BCUT2D eigenvalue weighted by Gasteiger charge is 2.15. The van der Waals surface area contributed by atoms with Crippen molar-refractivity contribution in [2.45, 2.75) is 18.6 Å². The first-order valence-electron chi connectivity index (χ1n) is 5.83. The molecule has 18 heavy (non-hydrogen) atoms. The largest absolute Gasteiger partial charge is 0.388 e. The van der Waals surface area contributed by atoms with Gasteiger partial charge in [0.25, 0.3) is 0 Å². The Morgan fingerprint density at radius 2 is 1.28 bits per heavy atom. The third-order valence-electron chi connectivity index (χ3n) is 2.89. The van der Waals surface area contributed by atoms with Gasteiger partial charge in [-0.15, -0.1) is 0 Å². The second-order valence-corrected chi connectivity index (χ2v) is 4.23. The molecule has 2 rings (SSSR count). The van der Waals surface area contributed by atoms with E-state index in [-0.39, 0.29) is 12.2 Å². The molecule has 2 N–H and O–H groups in total. The first kappa shape index (κ1) is 12.7. The van der Waals surface area contributed by atoms with E-state index in [1.54, 1.807) is 0 Å². The van der Waals surface area contributed by atoms with Gasteiger partial charge in [0.05, 0.1) is 12.2 Å². The van der Waals surface area contributed by atoms with Crippen LogP contribution in [0.4, 0.5) is 4.39 Å². The molecule has 2 nitrogen and oxygen atoms in total. The fraction of sp³-hybridized carbons (Fsp3) is 0.200. The predicted octanol–water partition coefficient (Wildman–Crippen LogP) is 2.98. The highest BCUT2D eigenvalue weighted by molar-refractivity contribution is 5.21. The summed E-state index contributed by atoms with van der Waals surface area (Å²) >= 11 is 0. The van der Waals surface area contributed by atoms with Gasteiger partial charge in [0.2, 0.25) is 0 Å². The molecular formula is C15H15FO2. The predicted molar refractivity (Wildman–Crippen MR) is 67.4 cm³/mol. The van der Waals surface area contributed by atoms with Gasteiger partial charge in [-0.2, -0.15) is 0 Å². The molecule has 0 aliphatic rings. The van der Waals surface area contributed by atoms with E-state index in [0.29, 0.717) is 5.56 Å². The maximum atomic E-state index is 12.7. The van der Waals surface area contributed by atoms with Crippen LogP contribution in [0.1, 0.15) is 29.8 Å². The monoisotopic (exact) mass is 246 g/mol. The maximum absolute atomic E-state index is 12.7. The molecule has 0 unspecified atom stereocenters. The molecule has 0 amide bonds. The lowest BCUT2D eigenvalue weighted by atomic mass is 9.99. The summed E-state index contributed by atoms with van der Waals surface area (Å²) in [4.78, 5) is 0. The Labute approximate surface area is 105 Å². The zero-order valence-corrected chi connectivity index (χ0v) is 9.83. The molecule has 0 aliphatic heterocycles. The van der Waals surface area contributed by atoms with Crippen molar-refractivity contribution in [3.8, 4) is 0 Å². The molecule has 0 spiro atoms. The van der Waals surface area contributed by atoms with E-state index in [0.717, 1.165) is 5.56 Å². The van der Waals surface area contributed by atoms with Gasteiger partial charge in [0, 0.05) is 6.42 Å². The summed E-state index contributed by atoms with van der Waals surface area (Å²) in [5.41, 5.74) is 1.37. The summed E-state index contributed by atoms with van der Waals surface area (Å²) < 4.78 is 12.7. The molecule has 3 heteroatoms. The Kier molecular flexibility index (Phi) is 4.07. The number of aliphatic hydroxyl groups excluding tert-OH is 2. The number of halogens is 1. The molecule has 0 aliphatic carbocycles. The third-order valence-corrected chi connectivity index (χ3v) is 2.89. The Morgan fingerprint density at radius 1 is 0.778 bits per heavy atom. The van der Waals surface area contributed by atoms with Crippen LogP contribution in [0.2, 0.25) is 0 Å². The molecule has 0 bridgehead atoms. The number of rotatable bonds is 4. The van der Waals surface area contributed by atoms with Crippen molar-refractivity contribution >= 4 is 0 Å². The van der Waals surface area contributed by atoms with Crippen LogP contribution >= 0.6 is 0 Å². The summed E-state index contributed by atoms with van der Waals surface area (Å²) in [6, 6.07) is 14.8. The summed E-state index contributed by atoms with van der Waals surface area (Å²) in [5, 5.41) is 19.9. The van der Waals surface area contributed by atoms with E-state index >= 15 is 0 Å². The van der Waals surface area contributed by atoms with Crippen molar-refractivity contribution in [2.75, 3.05) is 0 Å². The lowest BCUT2D eigenvalue weighted by Gasteiger charge is -2.16. The van der Waals surface area contributed by atoms with E-state index in [1.165, 1.54) is 24.3 Å². The van der Waals surface area contributed by atoms with Crippen molar-refractivity contribution < 1.29 is 14.6 Å². The highest BCUT2D eigenvalue weighted by Crippen LogP contribution is 2.26. The van der Waals surface area contributed by atoms with Crippen molar-refractivity contribution in [2.24, 2.45) is 0 Å². The second-order valence-electron chi connectivity index (χ2n) is 4.23. The summed E-state index contributed by atoms with van der Waals surface area (Å²) in [6.45, 7) is 0. The van der Waals surface area contributed by atoms with Gasteiger partial charge in [0.1, 0.15) is 5.82 Å². The molecule has 0 fully saturated rings. The van der Waals surface area contributed by atoms with Crippen molar-refractivity contribution in [1.82, 2.24) is 0 Å². The number of hydrogen-bond acceptors (Lipinski definition) is 2. The van der Waals surface area contributed by atoms with E-state index in [1.807, 2.05) is 30.3 Å². The van der Waals surface area contributed by atoms with Crippen LogP contribution in [0.15, 0.2) is 54.6 Å². The summed E-state index contributed by atoms with van der Waals surface area (Å²) in [6.07, 6.45) is -1.35. The minimum absolute atomic E-state index is 0.190. The van der Waals surface area contributed by atoms with Crippen LogP contribution in [-0.4, -0.2) is 10.2 Å². The van der Waals surface area contributed by atoms with Gasteiger partial charge in [-0.3, -0.25) is 0 Å². The Morgan fingerprint density at radius 3 is 1.83 bits per heavy atom. The lowest BCUT2D eigenvalue weighted by molar-refractivity contribution is 0.0804. The molecule has 0 saturated carbocycles. The molecular weight excluding hydrogens is 231 g/mol. The van der Waals surface area contributed by atoms with E-state index < -0.39 is 12.2 Å². The van der Waals surface area contributed by atoms with Crippen LogP contribution in [-0.2, 0) is 0 Å². The lowest BCUT2D eigenvalue weighted by Crippen LogP contribution is -2.05. The molecule has 0 radical (unpaired) electrons. The zero-order valence-electron chi connectivity index (χ0n) is 9.83. The van der Waals surface area contributed by atoms with Crippen molar-refractivity contribution in [3.63, 3.8) is 0 Å². The molecule has 0 saturated heterocycles. The first-order chi connectivity index (χ1) is 8.66. The third kappa shape index (κ3) is 3.15. The Balaban J connectivity index is 2.03. The van der Waals surface area contributed by atoms with Gasteiger partial charge in [-0.1, -0.05) is 42.5 Å². The van der Waals surface area contributed by atoms with Crippen LogP contribution in [0.25, 0.3) is 0 Å². The molecule has 2 atom stereocenters. The van der Waals surface area contributed by atoms with Crippen LogP contribution in [0.3, 0.4) is 0 Å². The van der Waals surface area contributed by atoms with Crippen LogP contribution in [0, 0.1) is 5.82 Å². The summed E-state index contributed by atoms with van der Waals surface area (Å²) in [5.74, 6) is -0.338. The minimum atomic E-state index is -0.805. The fourth-order valence-corrected chi connectivity index (χ4v) is 1.84. The average Bonchev–Trinajstić information content (AvgIpc) is 2.40. The van der Waals surface area contributed by atoms with Crippen LogP contribution in [0.5, 0.6) is 0 Å². The van der Waals surface area contributed by atoms with Crippen molar-refractivity contribution in [3.05, 3.63) is 71.5 Å². The minimum Gasteiger partial charge on any atom is -0.388 e. The number of benzene rings is 2. The highest BCUT2D eigenvalue weighted by atomic mass is 19.1.